The summed E-state index contributed by atoms with van der Waals surface area (Å²) in [4.78, 5) is 11.8. The number of halogens is 1. The Morgan fingerprint density at radius 1 is 1.53 bits per heavy atom. The monoisotopic (exact) mass is 259 g/mol. The Morgan fingerprint density at radius 3 is 2.71 bits per heavy atom. The van der Waals surface area contributed by atoms with Crippen LogP contribution in [0.1, 0.15) is 26.7 Å². The average Bonchev–Trinajstić information content (AvgIpc) is 2.34. The zero-order valence-corrected chi connectivity index (χ0v) is 10.9. The molecular weight excluding hydrogens is 242 g/mol. The molecule has 0 aliphatic rings. The summed E-state index contributed by atoms with van der Waals surface area (Å²) < 4.78 is 1.15. The van der Waals surface area contributed by atoms with E-state index in [1.54, 1.807) is 0 Å². The third kappa shape index (κ3) is 3.44. The molecule has 2 N–H and O–H groups in total. The van der Waals surface area contributed by atoms with E-state index in [0.29, 0.717) is 5.69 Å². The molecule has 0 amide bonds. The number of nitrogens with zero attached hydrogens (tertiary/aromatic N) is 2. The van der Waals surface area contributed by atoms with E-state index in [4.69, 9.17) is 16.7 Å². The van der Waals surface area contributed by atoms with Crippen LogP contribution in [-0.2, 0) is 6.54 Å². The molecule has 0 aliphatic heterocycles. The summed E-state index contributed by atoms with van der Waals surface area (Å²) in [6, 6.07) is 0.280. The number of aliphatic hydroxyl groups excluding tert-OH is 1. The van der Waals surface area contributed by atoms with E-state index in [0.717, 1.165) is 17.5 Å². The van der Waals surface area contributed by atoms with Gasteiger partial charge in [-0.15, -0.1) is 0 Å². The second kappa shape index (κ2) is 6.61. The SMILES string of the molecule is CCC(CC)Nc1cnn(CCO)c(=O)c1Cl. The van der Waals surface area contributed by atoms with E-state index in [1.165, 1.54) is 6.20 Å². The van der Waals surface area contributed by atoms with Gasteiger partial charge in [-0.2, -0.15) is 5.10 Å². The zero-order valence-electron chi connectivity index (χ0n) is 10.1. The van der Waals surface area contributed by atoms with Crippen LogP contribution in [0, 0.1) is 0 Å². The molecule has 0 aromatic carbocycles. The number of hydrogen-bond donors (Lipinski definition) is 2. The van der Waals surface area contributed by atoms with E-state index >= 15 is 0 Å². The average molecular weight is 260 g/mol. The summed E-state index contributed by atoms with van der Waals surface area (Å²) in [6.45, 7) is 4.15. The van der Waals surface area contributed by atoms with Gasteiger partial charge in [-0.05, 0) is 12.8 Å². The smallest absolute Gasteiger partial charge is 0.287 e. The number of nitrogens with one attached hydrogen (secondary N) is 1. The normalized spacial score (nSPS) is 10.9. The first kappa shape index (κ1) is 14.0. The Labute approximate surface area is 105 Å². The van der Waals surface area contributed by atoms with Crippen molar-refractivity contribution in [3.8, 4) is 0 Å². The minimum Gasteiger partial charge on any atom is -0.394 e. The minimum atomic E-state index is -0.378. The first-order valence-corrected chi connectivity index (χ1v) is 6.14. The molecular formula is C11H18ClN3O2. The van der Waals surface area contributed by atoms with Gasteiger partial charge in [0, 0.05) is 6.04 Å². The minimum absolute atomic E-state index is 0.125. The Bertz CT molecular complexity index is 416. The molecule has 0 saturated heterocycles. The maximum absolute atomic E-state index is 11.8. The van der Waals surface area contributed by atoms with Gasteiger partial charge in [0.15, 0.2) is 0 Å². The van der Waals surface area contributed by atoms with E-state index in [2.05, 4.69) is 24.3 Å². The van der Waals surface area contributed by atoms with Crippen LogP contribution in [0.4, 0.5) is 5.69 Å². The Kier molecular flexibility index (Phi) is 5.44. The number of aliphatic hydroxyl groups is 1. The second-order valence-corrected chi connectivity index (χ2v) is 4.16. The fraction of sp³-hybridized carbons (Fsp3) is 0.636. The first-order valence-electron chi connectivity index (χ1n) is 5.77. The summed E-state index contributed by atoms with van der Waals surface area (Å²) in [5.41, 5.74) is 0.177. The Balaban J connectivity index is 2.96. The predicted octanol–water partition coefficient (Wildman–Crippen LogP) is 1.49. The lowest BCUT2D eigenvalue weighted by atomic mass is 10.1. The molecule has 0 bridgehead atoms. The van der Waals surface area contributed by atoms with Crippen molar-refractivity contribution in [2.45, 2.75) is 39.3 Å². The maximum atomic E-state index is 11.8. The highest BCUT2D eigenvalue weighted by molar-refractivity contribution is 6.32. The van der Waals surface area contributed by atoms with Crippen molar-refractivity contribution in [3.05, 3.63) is 21.6 Å². The van der Waals surface area contributed by atoms with E-state index in [-0.39, 0.29) is 29.8 Å². The lowest BCUT2D eigenvalue weighted by Gasteiger charge is -2.17. The van der Waals surface area contributed by atoms with Crippen LogP contribution < -0.4 is 10.9 Å². The second-order valence-electron chi connectivity index (χ2n) is 3.78. The van der Waals surface area contributed by atoms with Gasteiger partial charge in [0.05, 0.1) is 25.0 Å². The van der Waals surface area contributed by atoms with Crippen LogP contribution in [0.25, 0.3) is 0 Å². The fourth-order valence-corrected chi connectivity index (χ4v) is 1.73. The van der Waals surface area contributed by atoms with Crippen LogP contribution in [-0.4, -0.2) is 27.5 Å². The highest BCUT2D eigenvalue weighted by Crippen LogP contribution is 2.17. The molecule has 1 aromatic rings. The van der Waals surface area contributed by atoms with Gasteiger partial charge in [0.2, 0.25) is 0 Å². The standard InChI is InChI=1S/C11H18ClN3O2/c1-3-8(4-2)14-9-7-13-15(5-6-16)11(17)10(9)12/h7-8,14,16H,3-6H2,1-2H3. The highest BCUT2D eigenvalue weighted by Gasteiger charge is 2.11. The van der Waals surface area contributed by atoms with Crippen LogP contribution in [0.15, 0.2) is 11.0 Å². The number of hydrogen-bond acceptors (Lipinski definition) is 4. The van der Waals surface area contributed by atoms with E-state index in [9.17, 15) is 4.79 Å². The third-order valence-corrected chi connectivity index (χ3v) is 3.01. The van der Waals surface area contributed by atoms with Gasteiger partial charge < -0.3 is 10.4 Å². The molecule has 0 fully saturated rings. The van der Waals surface area contributed by atoms with Gasteiger partial charge in [-0.3, -0.25) is 4.79 Å². The molecule has 0 unspecified atom stereocenters. The van der Waals surface area contributed by atoms with Gasteiger partial charge in [-0.1, -0.05) is 25.4 Å². The van der Waals surface area contributed by atoms with Crippen LogP contribution in [0.2, 0.25) is 5.02 Å². The fourth-order valence-electron chi connectivity index (χ4n) is 1.53. The van der Waals surface area contributed by atoms with Gasteiger partial charge in [0.25, 0.3) is 5.56 Å². The lowest BCUT2D eigenvalue weighted by Crippen LogP contribution is -2.27. The van der Waals surface area contributed by atoms with Crippen molar-refractivity contribution >= 4 is 17.3 Å². The maximum Gasteiger partial charge on any atom is 0.287 e. The lowest BCUT2D eigenvalue weighted by molar-refractivity contribution is 0.266. The largest absolute Gasteiger partial charge is 0.394 e. The summed E-state index contributed by atoms with van der Waals surface area (Å²) in [5, 5.41) is 16.0. The molecule has 96 valence electrons. The van der Waals surface area contributed by atoms with Crippen molar-refractivity contribution in [3.63, 3.8) is 0 Å². The van der Waals surface area contributed by atoms with Crippen molar-refractivity contribution in [1.82, 2.24) is 9.78 Å². The van der Waals surface area contributed by atoms with Gasteiger partial charge >= 0.3 is 0 Å². The Morgan fingerprint density at radius 2 is 2.18 bits per heavy atom. The molecule has 0 radical (unpaired) electrons. The molecule has 6 heteroatoms. The molecule has 0 atom stereocenters. The quantitative estimate of drug-likeness (QED) is 0.812. The molecule has 1 rings (SSSR count). The molecule has 1 heterocycles. The van der Waals surface area contributed by atoms with Crippen LogP contribution in [0.5, 0.6) is 0 Å². The molecule has 17 heavy (non-hydrogen) atoms. The molecule has 1 aromatic heterocycles. The summed E-state index contributed by atoms with van der Waals surface area (Å²) >= 11 is 5.97. The van der Waals surface area contributed by atoms with Crippen LogP contribution >= 0.6 is 11.6 Å². The van der Waals surface area contributed by atoms with Gasteiger partial charge in [-0.25, -0.2) is 4.68 Å². The van der Waals surface area contributed by atoms with Crippen molar-refractivity contribution in [2.75, 3.05) is 11.9 Å². The van der Waals surface area contributed by atoms with Crippen molar-refractivity contribution in [1.29, 1.82) is 0 Å². The molecule has 0 spiro atoms. The highest BCUT2D eigenvalue weighted by atomic mass is 35.5. The van der Waals surface area contributed by atoms with Crippen LogP contribution in [0.3, 0.4) is 0 Å². The van der Waals surface area contributed by atoms with Gasteiger partial charge in [0.1, 0.15) is 5.02 Å². The molecule has 5 nitrogen and oxygen atoms in total. The number of rotatable bonds is 6. The summed E-state index contributed by atoms with van der Waals surface area (Å²) in [7, 11) is 0. The van der Waals surface area contributed by atoms with Crippen molar-refractivity contribution in [2.24, 2.45) is 0 Å². The summed E-state index contributed by atoms with van der Waals surface area (Å²) in [6.07, 6.45) is 3.43. The Hall–Kier alpha value is -1.07. The topological polar surface area (TPSA) is 67.2 Å². The van der Waals surface area contributed by atoms with E-state index < -0.39 is 0 Å². The summed E-state index contributed by atoms with van der Waals surface area (Å²) in [5.74, 6) is 0. The number of anilines is 1. The first-order chi connectivity index (χ1) is 8.13. The third-order valence-electron chi connectivity index (χ3n) is 2.64. The molecule has 0 saturated carbocycles. The van der Waals surface area contributed by atoms with Crippen molar-refractivity contribution < 1.29 is 5.11 Å². The molecule has 0 aliphatic carbocycles. The number of aromatic nitrogens is 2. The zero-order chi connectivity index (χ0) is 12.8. The van der Waals surface area contributed by atoms with E-state index in [1.807, 2.05) is 0 Å². The predicted molar refractivity (Wildman–Crippen MR) is 68.6 cm³/mol.